The number of nitrogen functional groups attached to an aromatic ring is 1. The zero-order chi connectivity index (χ0) is 17.8. The van der Waals surface area contributed by atoms with E-state index >= 15 is 0 Å². The Labute approximate surface area is 148 Å². The minimum Gasteiger partial charge on any atom is -0.478 e. The summed E-state index contributed by atoms with van der Waals surface area (Å²) in [6, 6.07) is 5.59. The van der Waals surface area contributed by atoms with Gasteiger partial charge < -0.3 is 24.5 Å². The third-order valence-corrected chi connectivity index (χ3v) is 4.85. The van der Waals surface area contributed by atoms with Crippen molar-refractivity contribution >= 4 is 33.7 Å². The fraction of sp³-hybridized carbons (Fsp3) is 0.389. The monoisotopic (exact) mass is 354 g/mol. The predicted molar refractivity (Wildman–Crippen MR) is 93.7 cm³/mol. The van der Waals surface area contributed by atoms with Crippen molar-refractivity contribution in [2.45, 2.75) is 38.7 Å². The summed E-state index contributed by atoms with van der Waals surface area (Å²) >= 11 is 0. The Balaban J connectivity index is 1.61. The smallest absolute Gasteiger partial charge is 0.347 e. The Hall–Kier alpha value is -2.87. The van der Waals surface area contributed by atoms with Crippen LogP contribution in [0.4, 0.5) is 5.82 Å². The van der Waals surface area contributed by atoms with Gasteiger partial charge in [0.05, 0.1) is 17.6 Å². The van der Waals surface area contributed by atoms with Crippen molar-refractivity contribution in [3.8, 4) is 5.75 Å². The first-order chi connectivity index (χ1) is 12.6. The Bertz CT molecular complexity index is 1040. The predicted octanol–water partition coefficient (Wildman–Crippen LogP) is 1.78. The molecule has 2 atom stereocenters. The van der Waals surface area contributed by atoms with Gasteiger partial charge in [-0.25, -0.2) is 14.8 Å². The highest BCUT2D eigenvalue weighted by atomic mass is 16.6. The molecule has 2 N–H and O–H groups in total. The number of pyridine rings is 1. The van der Waals surface area contributed by atoms with Crippen molar-refractivity contribution in [3.63, 3.8) is 0 Å². The minimum absolute atomic E-state index is 0.123. The number of ether oxygens (including phenoxy) is 3. The highest BCUT2D eigenvalue weighted by molar-refractivity contribution is 6.07. The molecule has 1 saturated heterocycles. The maximum atomic E-state index is 11.8. The van der Waals surface area contributed by atoms with Crippen molar-refractivity contribution in [2.75, 3.05) is 12.3 Å². The van der Waals surface area contributed by atoms with Crippen LogP contribution >= 0.6 is 0 Å². The van der Waals surface area contributed by atoms with Crippen LogP contribution in [0, 0.1) is 0 Å². The van der Waals surface area contributed by atoms with E-state index in [9.17, 15) is 4.79 Å². The molecule has 1 fully saturated rings. The maximum absolute atomic E-state index is 11.8. The second kappa shape index (κ2) is 5.57. The van der Waals surface area contributed by atoms with Gasteiger partial charge in [0, 0.05) is 24.4 Å². The Morgan fingerprint density at radius 1 is 1.35 bits per heavy atom. The number of cyclic esters (lactones) is 1. The number of hydrogen-bond donors (Lipinski definition) is 1. The number of carbonyl (C=O) groups excluding carboxylic acids is 1. The average Bonchev–Trinajstić information content (AvgIpc) is 3.15. The lowest BCUT2D eigenvalue weighted by Gasteiger charge is -2.16. The van der Waals surface area contributed by atoms with Crippen molar-refractivity contribution in [2.24, 2.45) is 0 Å². The molecule has 8 nitrogen and oxygen atoms in total. The second-order valence-corrected chi connectivity index (χ2v) is 6.70. The zero-order valence-electron chi connectivity index (χ0n) is 14.3. The summed E-state index contributed by atoms with van der Waals surface area (Å²) in [6.45, 7) is 3.70. The van der Waals surface area contributed by atoms with Crippen LogP contribution in [-0.4, -0.2) is 39.3 Å². The summed E-state index contributed by atoms with van der Waals surface area (Å²) in [4.78, 5) is 20.9. The first-order valence-electron chi connectivity index (χ1n) is 8.63. The second-order valence-electron chi connectivity index (χ2n) is 6.70. The van der Waals surface area contributed by atoms with Crippen molar-refractivity contribution in [3.05, 3.63) is 24.0 Å². The minimum atomic E-state index is -0.580. The first-order valence-corrected chi connectivity index (χ1v) is 8.63. The van der Waals surface area contributed by atoms with Gasteiger partial charge in [0.15, 0.2) is 11.9 Å². The van der Waals surface area contributed by atoms with Crippen LogP contribution in [0.25, 0.3) is 21.9 Å². The summed E-state index contributed by atoms with van der Waals surface area (Å²) in [5.41, 5.74) is 8.51. The fourth-order valence-corrected chi connectivity index (χ4v) is 3.66. The van der Waals surface area contributed by atoms with Crippen LogP contribution in [0.15, 0.2) is 18.2 Å². The molecule has 0 bridgehead atoms. The molecule has 8 heteroatoms. The molecule has 134 valence electrons. The van der Waals surface area contributed by atoms with Gasteiger partial charge in [0.1, 0.15) is 29.8 Å². The lowest BCUT2D eigenvalue weighted by molar-refractivity contribution is -0.145. The summed E-state index contributed by atoms with van der Waals surface area (Å²) in [5, 5.41) is 0.949. The SMILES string of the molecule is CC1CC(Oc2ccc3c(c2)nc(N)c2nc4n(c23)CCOC4)C(=O)O1. The molecular formula is C18H18N4O4. The van der Waals surface area contributed by atoms with Gasteiger partial charge in [0.2, 0.25) is 0 Å². The number of imidazole rings is 1. The lowest BCUT2D eigenvalue weighted by Crippen LogP contribution is -2.21. The third-order valence-electron chi connectivity index (χ3n) is 4.85. The van der Waals surface area contributed by atoms with Crippen molar-refractivity contribution in [1.29, 1.82) is 0 Å². The molecule has 2 aliphatic rings. The fourth-order valence-electron chi connectivity index (χ4n) is 3.66. The number of fused-ring (bicyclic) bond motifs is 5. The molecule has 0 radical (unpaired) electrons. The first kappa shape index (κ1) is 15.4. The molecule has 2 aliphatic heterocycles. The van der Waals surface area contributed by atoms with Gasteiger partial charge in [-0.05, 0) is 19.1 Å². The Kier molecular flexibility index (Phi) is 3.30. The normalized spacial score (nSPS) is 22.6. The topological polar surface area (TPSA) is 101 Å². The molecule has 0 saturated carbocycles. The molecule has 0 spiro atoms. The number of nitrogens with two attached hydrogens (primary N) is 1. The number of rotatable bonds is 2. The molecule has 3 aromatic rings. The van der Waals surface area contributed by atoms with Gasteiger partial charge in [-0.1, -0.05) is 0 Å². The van der Waals surface area contributed by atoms with Gasteiger partial charge in [-0.3, -0.25) is 0 Å². The van der Waals surface area contributed by atoms with Crippen LogP contribution in [-0.2, 0) is 27.4 Å². The molecule has 1 aromatic carbocycles. The number of aromatic nitrogens is 3. The summed E-state index contributed by atoms with van der Waals surface area (Å²) in [6.07, 6.45) is -0.160. The molecular weight excluding hydrogens is 336 g/mol. The van der Waals surface area contributed by atoms with E-state index in [-0.39, 0.29) is 12.1 Å². The van der Waals surface area contributed by atoms with Crippen LogP contribution in [0.1, 0.15) is 19.2 Å². The number of anilines is 1. The largest absolute Gasteiger partial charge is 0.478 e. The van der Waals surface area contributed by atoms with E-state index < -0.39 is 6.10 Å². The average molecular weight is 354 g/mol. The van der Waals surface area contributed by atoms with Gasteiger partial charge >= 0.3 is 5.97 Å². The molecule has 2 aromatic heterocycles. The highest BCUT2D eigenvalue weighted by Gasteiger charge is 2.33. The summed E-state index contributed by atoms with van der Waals surface area (Å²) < 4.78 is 18.6. The van der Waals surface area contributed by atoms with E-state index in [4.69, 9.17) is 19.9 Å². The van der Waals surface area contributed by atoms with Gasteiger partial charge in [-0.2, -0.15) is 0 Å². The van der Waals surface area contributed by atoms with Crippen LogP contribution in [0.2, 0.25) is 0 Å². The van der Waals surface area contributed by atoms with Gasteiger partial charge in [0.25, 0.3) is 0 Å². The van der Waals surface area contributed by atoms with E-state index in [1.54, 1.807) is 6.07 Å². The Morgan fingerprint density at radius 3 is 3.04 bits per heavy atom. The Morgan fingerprint density at radius 2 is 2.23 bits per heavy atom. The lowest BCUT2D eigenvalue weighted by atomic mass is 10.1. The molecule has 26 heavy (non-hydrogen) atoms. The molecule has 2 unspecified atom stereocenters. The quantitative estimate of drug-likeness (QED) is 0.700. The number of carbonyl (C=O) groups is 1. The highest BCUT2D eigenvalue weighted by Crippen LogP contribution is 2.32. The molecule has 5 rings (SSSR count). The number of benzene rings is 1. The van der Waals surface area contributed by atoms with E-state index in [0.717, 1.165) is 23.3 Å². The molecule has 0 aliphatic carbocycles. The number of esters is 1. The van der Waals surface area contributed by atoms with Crippen LogP contribution in [0.5, 0.6) is 5.75 Å². The van der Waals surface area contributed by atoms with Crippen LogP contribution < -0.4 is 10.5 Å². The van der Waals surface area contributed by atoms with Crippen LogP contribution in [0.3, 0.4) is 0 Å². The van der Waals surface area contributed by atoms with E-state index in [0.29, 0.717) is 42.2 Å². The van der Waals surface area contributed by atoms with Gasteiger partial charge in [-0.15, -0.1) is 0 Å². The maximum Gasteiger partial charge on any atom is 0.347 e. The van der Waals surface area contributed by atoms with E-state index in [2.05, 4.69) is 14.5 Å². The summed E-state index contributed by atoms with van der Waals surface area (Å²) in [7, 11) is 0. The zero-order valence-corrected chi connectivity index (χ0v) is 14.3. The number of nitrogens with zero attached hydrogens (tertiary/aromatic N) is 3. The molecule has 4 heterocycles. The standard InChI is InChI=1S/C18H18N4O4/c1-9-6-13(18(23)25-9)26-10-2-3-11-12(7-10)20-17(19)15-16(11)22-4-5-24-8-14(22)21-15/h2-3,7,9,13H,4-6,8H2,1H3,(H2,19,20). The third kappa shape index (κ3) is 2.29. The van der Waals surface area contributed by atoms with E-state index in [1.807, 2.05) is 19.1 Å². The number of hydrogen-bond acceptors (Lipinski definition) is 7. The van der Waals surface area contributed by atoms with E-state index in [1.165, 1.54) is 0 Å². The van der Waals surface area contributed by atoms with Crippen molar-refractivity contribution < 1.29 is 19.0 Å². The summed E-state index contributed by atoms with van der Waals surface area (Å²) in [5.74, 6) is 1.47. The van der Waals surface area contributed by atoms with Crippen molar-refractivity contribution in [1.82, 2.24) is 14.5 Å². The molecule has 0 amide bonds.